The van der Waals surface area contributed by atoms with Crippen molar-refractivity contribution in [2.45, 2.75) is 0 Å². The van der Waals surface area contributed by atoms with E-state index >= 15 is 0 Å². The second kappa shape index (κ2) is 5.31. The van der Waals surface area contributed by atoms with E-state index in [1.165, 1.54) is 6.07 Å². The summed E-state index contributed by atoms with van der Waals surface area (Å²) in [6, 6.07) is 12.0. The molecule has 0 radical (unpaired) electrons. The van der Waals surface area contributed by atoms with Crippen LogP contribution in [0, 0.1) is 10.1 Å². The van der Waals surface area contributed by atoms with Crippen LogP contribution in [0.15, 0.2) is 48.5 Å². The minimum atomic E-state index is -0.945. The van der Waals surface area contributed by atoms with Gasteiger partial charge >= 0.3 is 0 Å². The third kappa shape index (κ3) is 2.54. The molecule has 0 heterocycles. The molecule has 20 heavy (non-hydrogen) atoms. The van der Waals surface area contributed by atoms with E-state index in [0.717, 1.165) is 12.1 Å². The lowest BCUT2D eigenvalue weighted by atomic mass is 10.0. The Balaban J connectivity index is 2.49. The summed E-state index contributed by atoms with van der Waals surface area (Å²) in [5, 5.41) is 10.8. The highest BCUT2D eigenvalue weighted by Gasteiger charge is 2.20. The second-order valence-corrected chi connectivity index (χ2v) is 4.05. The lowest BCUT2D eigenvalue weighted by Gasteiger charge is -2.04. The van der Waals surface area contributed by atoms with Crippen LogP contribution >= 0.6 is 0 Å². The number of hydrogen-bond donors (Lipinski definition) is 1. The van der Waals surface area contributed by atoms with Crippen molar-refractivity contribution in [3.63, 3.8) is 0 Å². The number of benzene rings is 2. The zero-order chi connectivity index (χ0) is 14.7. The van der Waals surface area contributed by atoms with Crippen LogP contribution in [0.4, 0.5) is 5.69 Å². The average Bonchev–Trinajstić information content (AvgIpc) is 2.46. The Morgan fingerprint density at radius 2 is 1.65 bits per heavy atom. The number of rotatable bonds is 4. The van der Waals surface area contributed by atoms with Gasteiger partial charge in [-0.05, 0) is 12.1 Å². The molecule has 0 saturated heterocycles. The van der Waals surface area contributed by atoms with Crippen LogP contribution in [0.1, 0.15) is 26.3 Å². The monoisotopic (exact) mass is 270 g/mol. The molecule has 0 spiro atoms. The Labute approximate surface area is 114 Å². The number of ketones is 1. The largest absolute Gasteiger partial charge is 0.365 e. The van der Waals surface area contributed by atoms with Crippen molar-refractivity contribution in [3.8, 4) is 0 Å². The molecule has 0 aliphatic rings. The van der Waals surface area contributed by atoms with E-state index in [1.807, 2.05) is 0 Å². The summed E-state index contributed by atoms with van der Waals surface area (Å²) < 4.78 is 0. The van der Waals surface area contributed by atoms with Crippen molar-refractivity contribution in [1.82, 2.24) is 0 Å². The molecule has 1 amide bonds. The van der Waals surface area contributed by atoms with E-state index < -0.39 is 16.5 Å². The smallest absolute Gasteiger partial charge is 0.282 e. The quantitative estimate of drug-likeness (QED) is 0.520. The van der Waals surface area contributed by atoms with Crippen molar-refractivity contribution in [1.29, 1.82) is 0 Å². The van der Waals surface area contributed by atoms with Crippen molar-refractivity contribution in [2.75, 3.05) is 0 Å². The molecule has 2 aromatic carbocycles. The number of nitrogens with two attached hydrogens (primary N) is 1. The molecule has 100 valence electrons. The third-order valence-electron chi connectivity index (χ3n) is 2.76. The highest BCUT2D eigenvalue weighted by molar-refractivity contribution is 6.10. The fraction of sp³-hybridized carbons (Fsp3) is 0. The van der Waals surface area contributed by atoms with Crippen LogP contribution in [-0.2, 0) is 0 Å². The minimum Gasteiger partial charge on any atom is -0.365 e. The van der Waals surface area contributed by atoms with Crippen LogP contribution in [0.25, 0.3) is 0 Å². The highest BCUT2D eigenvalue weighted by atomic mass is 16.6. The van der Waals surface area contributed by atoms with Crippen LogP contribution in [0.5, 0.6) is 0 Å². The standard InChI is InChI=1S/C14H10N2O4/c15-14(18)11-8-10(6-7-12(11)16(19)20)13(17)9-4-2-1-3-5-9/h1-8H,(H2,15,18). The van der Waals surface area contributed by atoms with E-state index in [2.05, 4.69) is 0 Å². The molecule has 2 N–H and O–H groups in total. The summed E-state index contributed by atoms with van der Waals surface area (Å²) in [6.45, 7) is 0. The van der Waals surface area contributed by atoms with E-state index in [9.17, 15) is 19.7 Å². The Hall–Kier alpha value is -3.02. The number of primary amides is 1. The molecule has 0 aromatic heterocycles. The van der Waals surface area contributed by atoms with Gasteiger partial charge in [0.2, 0.25) is 0 Å². The van der Waals surface area contributed by atoms with Crippen LogP contribution in [-0.4, -0.2) is 16.6 Å². The topological polar surface area (TPSA) is 103 Å². The van der Waals surface area contributed by atoms with Crippen molar-refractivity contribution in [2.24, 2.45) is 5.73 Å². The van der Waals surface area contributed by atoms with Crippen molar-refractivity contribution >= 4 is 17.4 Å². The number of amides is 1. The number of carbonyl (C=O) groups excluding carboxylic acids is 2. The molecule has 2 rings (SSSR count). The highest BCUT2D eigenvalue weighted by Crippen LogP contribution is 2.21. The normalized spacial score (nSPS) is 10.0. The Bertz CT molecular complexity index is 696. The van der Waals surface area contributed by atoms with Crippen LogP contribution in [0.2, 0.25) is 0 Å². The Kier molecular flexibility index (Phi) is 3.56. The first-order chi connectivity index (χ1) is 9.50. The van der Waals surface area contributed by atoms with Gasteiger partial charge in [-0.1, -0.05) is 30.3 Å². The first-order valence-corrected chi connectivity index (χ1v) is 5.68. The van der Waals surface area contributed by atoms with E-state index in [-0.39, 0.29) is 16.9 Å². The first-order valence-electron chi connectivity index (χ1n) is 5.68. The summed E-state index contributed by atoms with van der Waals surface area (Å²) in [5.41, 5.74) is 5.01. The van der Waals surface area contributed by atoms with Gasteiger partial charge in [-0.2, -0.15) is 0 Å². The van der Waals surface area contributed by atoms with Gasteiger partial charge < -0.3 is 5.73 Å². The number of nitro benzene ring substituents is 1. The van der Waals surface area contributed by atoms with Gasteiger partial charge in [-0.25, -0.2) is 0 Å². The van der Waals surface area contributed by atoms with E-state index in [1.54, 1.807) is 30.3 Å². The SMILES string of the molecule is NC(=O)c1cc(C(=O)c2ccccc2)ccc1[N+](=O)[O-]. The maximum Gasteiger partial charge on any atom is 0.282 e. The van der Waals surface area contributed by atoms with E-state index in [4.69, 9.17) is 5.73 Å². The molecule has 6 heteroatoms. The summed E-state index contributed by atoms with van der Waals surface area (Å²) in [6.07, 6.45) is 0. The molecule has 6 nitrogen and oxygen atoms in total. The van der Waals surface area contributed by atoms with Crippen molar-refractivity contribution < 1.29 is 14.5 Å². The number of hydrogen-bond acceptors (Lipinski definition) is 4. The van der Waals surface area contributed by atoms with Gasteiger partial charge in [0, 0.05) is 17.2 Å². The second-order valence-electron chi connectivity index (χ2n) is 4.05. The summed E-state index contributed by atoms with van der Waals surface area (Å²) in [4.78, 5) is 33.5. The molecular weight excluding hydrogens is 260 g/mol. The van der Waals surface area contributed by atoms with Gasteiger partial charge in [0.05, 0.1) is 4.92 Å². The first kappa shape index (κ1) is 13.4. The number of carbonyl (C=O) groups is 2. The summed E-state index contributed by atoms with van der Waals surface area (Å²) >= 11 is 0. The number of nitro groups is 1. The fourth-order valence-corrected chi connectivity index (χ4v) is 1.79. The summed E-state index contributed by atoms with van der Waals surface area (Å²) in [7, 11) is 0. The van der Waals surface area contributed by atoms with Crippen LogP contribution in [0.3, 0.4) is 0 Å². The zero-order valence-corrected chi connectivity index (χ0v) is 10.3. The van der Waals surface area contributed by atoms with Gasteiger partial charge in [0.25, 0.3) is 11.6 Å². The molecule has 0 unspecified atom stereocenters. The van der Waals surface area contributed by atoms with Gasteiger partial charge in [0.15, 0.2) is 5.78 Å². The molecule has 0 atom stereocenters. The predicted octanol–water partition coefficient (Wildman–Crippen LogP) is 1.92. The number of nitrogens with zero attached hydrogens (tertiary/aromatic N) is 1. The molecule has 0 saturated carbocycles. The van der Waals surface area contributed by atoms with Gasteiger partial charge in [0.1, 0.15) is 5.56 Å². The fourth-order valence-electron chi connectivity index (χ4n) is 1.79. The lowest BCUT2D eigenvalue weighted by Crippen LogP contribution is -2.14. The molecule has 0 aliphatic heterocycles. The summed E-state index contributed by atoms with van der Waals surface area (Å²) in [5.74, 6) is -1.28. The molecule has 0 aliphatic carbocycles. The Morgan fingerprint density at radius 1 is 1.00 bits per heavy atom. The van der Waals surface area contributed by atoms with Gasteiger partial charge in [-0.3, -0.25) is 19.7 Å². The Morgan fingerprint density at radius 3 is 2.20 bits per heavy atom. The average molecular weight is 270 g/mol. The predicted molar refractivity (Wildman–Crippen MR) is 71.5 cm³/mol. The minimum absolute atomic E-state index is 0.176. The van der Waals surface area contributed by atoms with Crippen LogP contribution < -0.4 is 5.73 Å². The molecular formula is C14H10N2O4. The maximum absolute atomic E-state index is 12.2. The molecule has 0 bridgehead atoms. The molecule has 2 aromatic rings. The van der Waals surface area contributed by atoms with E-state index in [0.29, 0.717) is 5.56 Å². The third-order valence-corrected chi connectivity index (χ3v) is 2.76. The van der Waals surface area contributed by atoms with Gasteiger partial charge in [-0.15, -0.1) is 0 Å². The lowest BCUT2D eigenvalue weighted by molar-refractivity contribution is -0.385. The van der Waals surface area contributed by atoms with Crippen molar-refractivity contribution in [3.05, 3.63) is 75.3 Å². The zero-order valence-electron chi connectivity index (χ0n) is 10.3. The maximum atomic E-state index is 12.2. The molecule has 0 fully saturated rings.